The summed E-state index contributed by atoms with van der Waals surface area (Å²) in [6.45, 7) is 7.78. The number of carbonyl (C=O) groups is 2. The average molecular weight is 689 g/mol. The molecule has 268 valence electrons. The third-order valence-corrected chi connectivity index (χ3v) is 10.3. The monoisotopic (exact) mass is 688 g/mol. The fourth-order valence-electron chi connectivity index (χ4n) is 7.30. The normalized spacial score (nSPS) is 13.6. The third-order valence-electron chi connectivity index (χ3n) is 10.3. The summed E-state index contributed by atoms with van der Waals surface area (Å²) in [6.07, 6.45) is 4.60. The molecule has 0 radical (unpaired) electrons. The van der Waals surface area contributed by atoms with E-state index >= 15 is 0 Å². The molecule has 0 atom stereocenters. The van der Waals surface area contributed by atoms with Crippen LogP contribution in [0.2, 0.25) is 0 Å². The number of carbonyl (C=O) groups excluding carboxylic acids is 2. The number of esters is 2. The van der Waals surface area contributed by atoms with Gasteiger partial charge in [0.05, 0.1) is 33.7 Å². The highest BCUT2D eigenvalue weighted by Crippen LogP contribution is 2.40. The molecule has 8 nitrogen and oxygen atoms in total. The van der Waals surface area contributed by atoms with Crippen LogP contribution in [0.1, 0.15) is 46.2 Å². The van der Waals surface area contributed by atoms with Gasteiger partial charge >= 0.3 is 11.9 Å². The predicted molar refractivity (Wildman–Crippen MR) is 203 cm³/mol. The maximum atomic E-state index is 11.9. The topological polar surface area (TPSA) is 65.6 Å². The minimum absolute atomic E-state index is 0.160. The molecule has 2 aliphatic rings. The Morgan fingerprint density at radius 1 is 0.549 bits per heavy atom. The van der Waals surface area contributed by atoms with Gasteiger partial charge in [0.2, 0.25) is 0 Å². The summed E-state index contributed by atoms with van der Waals surface area (Å²) in [5.74, 6) is -0.320. The Kier molecular flexibility index (Phi) is 12.9. The Labute approximate surface area is 303 Å². The highest BCUT2D eigenvalue weighted by molar-refractivity contribution is 5.72. The van der Waals surface area contributed by atoms with Gasteiger partial charge in [-0.25, -0.2) is 0 Å². The molecule has 0 N–H and O–H groups in total. The number of rotatable bonds is 18. The molecule has 0 aliphatic carbocycles. The van der Waals surface area contributed by atoms with Crippen molar-refractivity contribution < 1.29 is 19.1 Å². The zero-order chi connectivity index (χ0) is 35.4. The van der Waals surface area contributed by atoms with Gasteiger partial charge in [-0.1, -0.05) is 84.9 Å². The molecule has 0 saturated heterocycles. The van der Waals surface area contributed by atoms with Gasteiger partial charge in [-0.2, -0.15) is 0 Å². The maximum Gasteiger partial charge on any atom is 0.306 e. The maximum absolute atomic E-state index is 11.9. The Morgan fingerprint density at radius 2 is 0.961 bits per heavy atom. The van der Waals surface area contributed by atoms with Crippen LogP contribution in [0.4, 0.5) is 11.4 Å². The summed E-state index contributed by atoms with van der Waals surface area (Å²) in [4.78, 5) is 33.6. The Balaban J connectivity index is 1.08. The molecule has 8 heteroatoms. The fraction of sp³-hybridized carbons (Fsp3) is 0.395. The van der Waals surface area contributed by atoms with Crippen LogP contribution in [0, 0.1) is 0 Å². The predicted octanol–water partition coefficient (Wildman–Crippen LogP) is 6.41. The molecule has 6 rings (SSSR count). The number of fused-ring (bicyclic) bond motifs is 6. The molecule has 0 aromatic heterocycles. The van der Waals surface area contributed by atoms with Gasteiger partial charge in [0.25, 0.3) is 0 Å². The van der Waals surface area contributed by atoms with Gasteiger partial charge < -0.3 is 24.2 Å². The van der Waals surface area contributed by atoms with Gasteiger partial charge in [-0.3, -0.25) is 14.5 Å². The molecule has 4 aromatic rings. The number of hydrogen-bond acceptors (Lipinski definition) is 8. The smallest absolute Gasteiger partial charge is 0.306 e. The lowest BCUT2D eigenvalue weighted by Gasteiger charge is -2.44. The number of benzene rings is 4. The molecule has 0 fully saturated rings. The van der Waals surface area contributed by atoms with Crippen molar-refractivity contribution in [1.82, 2.24) is 14.7 Å². The van der Waals surface area contributed by atoms with Crippen molar-refractivity contribution in [2.75, 3.05) is 65.1 Å². The van der Waals surface area contributed by atoms with Crippen LogP contribution in [0.5, 0.6) is 0 Å². The lowest BCUT2D eigenvalue weighted by molar-refractivity contribution is -0.141. The summed E-state index contributed by atoms with van der Waals surface area (Å²) < 4.78 is 9.86. The van der Waals surface area contributed by atoms with Crippen molar-refractivity contribution in [3.05, 3.63) is 130 Å². The highest BCUT2D eigenvalue weighted by Gasteiger charge is 2.30. The van der Waals surface area contributed by atoms with E-state index in [4.69, 9.17) is 9.47 Å². The van der Waals surface area contributed by atoms with E-state index in [1.165, 1.54) is 59.0 Å². The molecule has 2 aliphatic heterocycles. The largest absolute Gasteiger partial charge is 0.469 e. The molecule has 2 heterocycles. The van der Waals surface area contributed by atoms with Gasteiger partial charge in [-0.15, -0.1) is 0 Å². The van der Waals surface area contributed by atoms with Crippen molar-refractivity contribution >= 4 is 23.3 Å². The summed E-state index contributed by atoms with van der Waals surface area (Å²) in [5.41, 5.74) is 10.6. The second-order valence-corrected chi connectivity index (χ2v) is 13.8. The Hall–Kier alpha value is -4.50. The van der Waals surface area contributed by atoms with Crippen molar-refractivity contribution in [2.24, 2.45) is 0 Å². The van der Waals surface area contributed by atoms with Crippen LogP contribution in [-0.4, -0.2) is 86.8 Å². The standard InChI is InChI=1S/C43H52N4O4/c1-50-42(48)21-27-44(23-17-34-9-5-3-6-10-34)25-19-36-13-15-40-38(29-36)31-46-32-39-30-37(14-16-41(39)47(40)33-46)20-26-45(28-22-43(49)51-2)24-18-35-11-7-4-8-12-35/h3-16,29-30H,17-28,31-33H2,1-2H3. The van der Waals surface area contributed by atoms with Crippen LogP contribution < -0.4 is 4.90 Å². The molecule has 0 unspecified atom stereocenters. The van der Waals surface area contributed by atoms with Crippen LogP contribution in [0.3, 0.4) is 0 Å². The number of anilines is 2. The molecular weight excluding hydrogens is 636 g/mol. The zero-order valence-corrected chi connectivity index (χ0v) is 30.3. The molecule has 2 bridgehead atoms. The Morgan fingerprint density at radius 3 is 1.37 bits per heavy atom. The van der Waals surface area contributed by atoms with E-state index in [1.807, 2.05) is 12.1 Å². The molecule has 4 aromatic carbocycles. The number of ether oxygens (including phenoxy) is 2. The number of methoxy groups -OCH3 is 2. The lowest BCUT2D eigenvalue weighted by Crippen LogP contribution is -2.43. The third kappa shape index (κ3) is 10.3. The van der Waals surface area contributed by atoms with E-state index in [-0.39, 0.29) is 11.9 Å². The van der Waals surface area contributed by atoms with Crippen molar-refractivity contribution in [3.63, 3.8) is 0 Å². The van der Waals surface area contributed by atoms with Gasteiger partial charge in [0, 0.05) is 63.7 Å². The van der Waals surface area contributed by atoms with Crippen molar-refractivity contribution in [3.8, 4) is 0 Å². The molecule has 51 heavy (non-hydrogen) atoms. The van der Waals surface area contributed by atoms with Gasteiger partial charge in [-0.05, 0) is 71.2 Å². The van der Waals surface area contributed by atoms with E-state index in [0.717, 1.165) is 71.6 Å². The van der Waals surface area contributed by atoms with Gasteiger partial charge in [0.15, 0.2) is 0 Å². The summed E-state index contributed by atoms with van der Waals surface area (Å²) in [5, 5.41) is 0. The second-order valence-electron chi connectivity index (χ2n) is 13.8. The van der Waals surface area contributed by atoms with Crippen molar-refractivity contribution in [2.45, 2.75) is 51.6 Å². The Bertz CT molecular complexity index is 1610. The first kappa shape index (κ1) is 36.3. The number of nitrogens with zero attached hydrogens (tertiary/aromatic N) is 4. The fourth-order valence-corrected chi connectivity index (χ4v) is 7.30. The van der Waals surface area contributed by atoms with Crippen LogP contribution in [0.15, 0.2) is 97.1 Å². The SMILES string of the molecule is COC(=O)CCN(CCc1ccccc1)CCc1ccc2c(c1)CN1Cc3cc(CCN(CCC(=O)OC)CCc4ccccc4)ccc3N2C1. The quantitative estimate of drug-likeness (QED) is 0.111. The van der Waals surface area contributed by atoms with Crippen LogP contribution >= 0.6 is 0 Å². The van der Waals surface area contributed by atoms with Crippen molar-refractivity contribution in [1.29, 1.82) is 0 Å². The molecular formula is C43H52N4O4. The molecule has 0 saturated carbocycles. The van der Waals surface area contributed by atoms with Crippen LogP contribution in [0.25, 0.3) is 0 Å². The van der Waals surface area contributed by atoms with Crippen LogP contribution in [-0.2, 0) is 57.8 Å². The molecule has 0 amide bonds. The highest BCUT2D eigenvalue weighted by atomic mass is 16.5. The van der Waals surface area contributed by atoms with E-state index in [1.54, 1.807) is 0 Å². The zero-order valence-electron chi connectivity index (χ0n) is 30.3. The first-order valence-electron chi connectivity index (χ1n) is 18.4. The summed E-state index contributed by atoms with van der Waals surface area (Å²) in [6, 6.07) is 35.1. The average Bonchev–Trinajstić information content (AvgIpc) is 3.17. The number of hydrogen-bond donors (Lipinski definition) is 0. The molecule has 0 spiro atoms. The summed E-state index contributed by atoms with van der Waals surface area (Å²) in [7, 11) is 2.92. The van der Waals surface area contributed by atoms with E-state index in [9.17, 15) is 9.59 Å². The summed E-state index contributed by atoms with van der Waals surface area (Å²) >= 11 is 0. The lowest BCUT2D eigenvalue weighted by atomic mass is 9.97. The van der Waals surface area contributed by atoms with E-state index in [0.29, 0.717) is 25.9 Å². The first-order chi connectivity index (χ1) is 25.0. The van der Waals surface area contributed by atoms with E-state index < -0.39 is 0 Å². The minimum Gasteiger partial charge on any atom is -0.469 e. The minimum atomic E-state index is -0.160. The van der Waals surface area contributed by atoms with E-state index in [2.05, 4.69) is 105 Å². The van der Waals surface area contributed by atoms with Gasteiger partial charge in [0.1, 0.15) is 0 Å². The second kappa shape index (κ2) is 18.1. The first-order valence-corrected chi connectivity index (χ1v) is 18.4.